The Labute approximate surface area is 111 Å². The number of aromatic nitrogens is 1. The van der Waals surface area contributed by atoms with Gasteiger partial charge in [0.15, 0.2) is 0 Å². The van der Waals surface area contributed by atoms with Crippen molar-refractivity contribution in [1.82, 2.24) is 10.4 Å². The molecule has 4 nitrogen and oxygen atoms in total. The number of nitrogens with zero attached hydrogens (tertiary/aromatic N) is 1. The number of amides is 1. The second-order valence-corrected chi connectivity index (χ2v) is 4.94. The summed E-state index contributed by atoms with van der Waals surface area (Å²) in [7, 11) is 0. The van der Waals surface area contributed by atoms with E-state index in [9.17, 15) is 4.79 Å². The van der Waals surface area contributed by atoms with Crippen LogP contribution in [0.4, 0.5) is 0 Å². The molecule has 0 radical (unpaired) electrons. The summed E-state index contributed by atoms with van der Waals surface area (Å²) in [5.41, 5.74) is 6.08. The standard InChI is InChI=1S/C15H15N3O/c1-9(2)14-12(15(19)18-17-14)7-10-8-16-13-6-4-3-5-11(10)13/h3-9,16H,1-2H3,(H,18,19). The molecule has 0 aliphatic carbocycles. The molecule has 4 heteroatoms. The first-order valence-electron chi connectivity index (χ1n) is 6.33. The van der Waals surface area contributed by atoms with Crippen molar-refractivity contribution in [3.63, 3.8) is 0 Å². The van der Waals surface area contributed by atoms with Crippen LogP contribution in [-0.2, 0) is 4.79 Å². The molecule has 0 saturated carbocycles. The molecular weight excluding hydrogens is 238 g/mol. The number of H-pyrrole nitrogens is 1. The van der Waals surface area contributed by atoms with Gasteiger partial charge in [0.05, 0.1) is 11.3 Å². The Bertz CT molecular complexity index is 707. The number of nitrogens with one attached hydrogen (secondary N) is 2. The van der Waals surface area contributed by atoms with E-state index in [1.807, 2.05) is 50.4 Å². The third-order valence-corrected chi connectivity index (χ3v) is 3.27. The second kappa shape index (κ2) is 4.39. The summed E-state index contributed by atoms with van der Waals surface area (Å²) in [5.74, 6) is 0.0874. The molecule has 0 unspecified atom stereocenters. The maximum atomic E-state index is 11.8. The predicted octanol–water partition coefficient (Wildman–Crippen LogP) is 2.69. The van der Waals surface area contributed by atoms with Gasteiger partial charge in [-0.05, 0) is 18.1 Å². The summed E-state index contributed by atoms with van der Waals surface area (Å²) in [5, 5.41) is 5.21. The van der Waals surface area contributed by atoms with Gasteiger partial charge in [-0.2, -0.15) is 5.10 Å². The SMILES string of the molecule is CC(C)C1=NNC(=O)C1=Cc1c[nH]c2ccccc12. The summed E-state index contributed by atoms with van der Waals surface area (Å²) in [6.07, 6.45) is 3.82. The summed E-state index contributed by atoms with van der Waals surface area (Å²) in [6, 6.07) is 8.03. The predicted molar refractivity (Wildman–Crippen MR) is 76.7 cm³/mol. The number of carbonyl (C=O) groups is 1. The smallest absolute Gasteiger partial charge is 0.273 e. The van der Waals surface area contributed by atoms with Crippen molar-refractivity contribution >= 4 is 28.6 Å². The molecule has 2 N–H and O–H groups in total. The van der Waals surface area contributed by atoms with E-state index in [0.717, 1.165) is 22.2 Å². The number of hydrazone groups is 1. The van der Waals surface area contributed by atoms with E-state index in [0.29, 0.717) is 5.57 Å². The molecule has 0 bridgehead atoms. The maximum absolute atomic E-state index is 11.8. The van der Waals surface area contributed by atoms with Gasteiger partial charge in [0.1, 0.15) is 0 Å². The Morgan fingerprint density at radius 2 is 2.05 bits per heavy atom. The fourth-order valence-electron chi connectivity index (χ4n) is 2.30. The maximum Gasteiger partial charge on any atom is 0.273 e. The van der Waals surface area contributed by atoms with Crippen LogP contribution in [0.1, 0.15) is 19.4 Å². The molecule has 0 atom stereocenters. The van der Waals surface area contributed by atoms with Crippen molar-refractivity contribution in [1.29, 1.82) is 0 Å². The zero-order valence-corrected chi connectivity index (χ0v) is 10.9. The highest BCUT2D eigenvalue weighted by Crippen LogP contribution is 2.23. The summed E-state index contributed by atoms with van der Waals surface area (Å²) in [6.45, 7) is 4.06. The monoisotopic (exact) mass is 253 g/mol. The Kier molecular flexibility index (Phi) is 2.71. The van der Waals surface area contributed by atoms with Crippen molar-refractivity contribution in [2.24, 2.45) is 11.0 Å². The topological polar surface area (TPSA) is 57.2 Å². The van der Waals surface area contributed by atoms with Crippen LogP contribution in [-0.4, -0.2) is 16.6 Å². The molecule has 1 aromatic carbocycles. The van der Waals surface area contributed by atoms with Gasteiger partial charge < -0.3 is 4.98 Å². The van der Waals surface area contributed by atoms with Gasteiger partial charge in [0.25, 0.3) is 5.91 Å². The second-order valence-electron chi connectivity index (χ2n) is 4.94. The number of carbonyl (C=O) groups excluding carboxylic acids is 1. The largest absolute Gasteiger partial charge is 0.361 e. The Balaban J connectivity index is 2.10. The van der Waals surface area contributed by atoms with Gasteiger partial charge in [0.2, 0.25) is 0 Å². The molecule has 0 spiro atoms. The van der Waals surface area contributed by atoms with Gasteiger partial charge in [0, 0.05) is 22.7 Å². The number of rotatable bonds is 2. The minimum Gasteiger partial charge on any atom is -0.361 e. The number of hydrogen-bond acceptors (Lipinski definition) is 2. The van der Waals surface area contributed by atoms with Crippen LogP contribution in [0.25, 0.3) is 17.0 Å². The van der Waals surface area contributed by atoms with Gasteiger partial charge in [-0.1, -0.05) is 32.0 Å². The van der Waals surface area contributed by atoms with E-state index in [2.05, 4.69) is 15.5 Å². The van der Waals surface area contributed by atoms with Crippen LogP contribution in [0.3, 0.4) is 0 Å². The van der Waals surface area contributed by atoms with Crippen molar-refractivity contribution in [3.8, 4) is 0 Å². The van der Waals surface area contributed by atoms with E-state index in [-0.39, 0.29) is 11.8 Å². The lowest BCUT2D eigenvalue weighted by molar-refractivity contribution is -0.116. The molecule has 1 aromatic heterocycles. The molecule has 19 heavy (non-hydrogen) atoms. The Hall–Kier alpha value is -2.36. The lowest BCUT2D eigenvalue weighted by Crippen LogP contribution is -2.15. The van der Waals surface area contributed by atoms with Gasteiger partial charge in [-0.15, -0.1) is 0 Å². The van der Waals surface area contributed by atoms with E-state index in [4.69, 9.17) is 0 Å². The van der Waals surface area contributed by atoms with Crippen molar-refractivity contribution in [2.45, 2.75) is 13.8 Å². The van der Waals surface area contributed by atoms with Crippen LogP contribution in [0, 0.1) is 5.92 Å². The molecular formula is C15H15N3O. The number of hydrogen-bond donors (Lipinski definition) is 2. The summed E-state index contributed by atoms with van der Waals surface area (Å²) in [4.78, 5) is 15.1. The van der Waals surface area contributed by atoms with Gasteiger partial charge in [-0.3, -0.25) is 4.79 Å². The van der Waals surface area contributed by atoms with Crippen LogP contribution >= 0.6 is 0 Å². The molecule has 0 saturated heterocycles. The number of aromatic amines is 1. The molecule has 1 aliphatic rings. The molecule has 2 aromatic rings. The van der Waals surface area contributed by atoms with Gasteiger partial charge in [-0.25, -0.2) is 5.43 Å². The van der Waals surface area contributed by atoms with E-state index in [1.54, 1.807) is 0 Å². The first-order chi connectivity index (χ1) is 9.16. The molecule has 1 aliphatic heterocycles. The minimum absolute atomic E-state index is 0.131. The highest BCUT2D eigenvalue weighted by Gasteiger charge is 2.24. The third kappa shape index (κ3) is 1.95. The van der Waals surface area contributed by atoms with Crippen molar-refractivity contribution < 1.29 is 4.79 Å². The lowest BCUT2D eigenvalue weighted by atomic mass is 9.98. The number of fused-ring (bicyclic) bond motifs is 1. The van der Waals surface area contributed by atoms with Crippen molar-refractivity contribution in [3.05, 3.63) is 41.6 Å². The minimum atomic E-state index is -0.131. The highest BCUT2D eigenvalue weighted by atomic mass is 16.2. The van der Waals surface area contributed by atoms with Gasteiger partial charge >= 0.3 is 0 Å². The quantitative estimate of drug-likeness (QED) is 0.794. The molecule has 0 fully saturated rings. The molecule has 1 amide bonds. The van der Waals surface area contributed by atoms with Crippen LogP contribution in [0.15, 0.2) is 41.1 Å². The van der Waals surface area contributed by atoms with E-state index in [1.165, 1.54) is 0 Å². The van der Waals surface area contributed by atoms with E-state index >= 15 is 0 Å². The normalized spacial score (nSPS) is 17.3. The summed E-state index contributed by atoms with van der Waals surface area (Å²) >= 11 is 0. The fraction of sp³-hybridized carbons (Fsp3) is 0.200. The summed E-state index contributed by atoms with van der Waals surface area (Å²) < 4.78 is 0. The average Bonchev–Trinajstić information content (AvgIpc) is 2.96. The van der Waals surface area contributed by atoms with Crippen LogP contribution < -0.4 is 5.43 Å². The number of benzene rings is 1. The fourth-order valence-corrected chi connectivity index (χ4v) is 2.30. The van der Waals surface area contributed by atoms with Crippen molar-refractivity contribution in [2.75, 3.05) is 0 Å². The molecule has 96 valence electrons. The Morgan fingerprint density at radius 1 is 1.26 bits per heavy atom. The zero-order chi connectivity index (χ0) is 13.4. The van der Waals surface area contributed by atoms with Crippen LogP contribution in [0.2, 0.25) is 0 Å². The number of para-hydroxylation sites is 1. The zero-order valence-electron chi connectivity index (χ0n) is 10.9. The molecule has 3 rings (SSSR count). The highest BCUT2D eigenvalue weighted by molar-refractivity contribution is 6.28. The first-order valence-corrected chi connectivity index (χ1v) is 6.33. The Morgan fingerprint density at radius 3 is 2.84 bits per heavy atom. The van der Waals surface area contributed by atoms with E-state index < -0.39 is 0 Å². The average molecular weight is 253 g/mol. The lowest BCUT2D eigenvalue weighted by Gasteiger charge is -2.03. The molecule has 2 heterocycles. The first kappa shape index (κ1) is 11.7. The van der Waals surface area contributed by atoms with Crippen LogP contribution in [0.5, 0.6) is 0 Å². The third-order valence-electron chi connectivity index (χ3n) is 3.27.